The number of H-pyrrole nitrogens is 1. The number of nitrogens with two attached hydrogens (primary N) is 1. The van der Waals surface area contributed by atoms with Crippen molar-refractivity contribution in [1.82, 2.24) is 14.5 Å². The van der Waals surface area contributed by atoms with Gasteiger partial charge in [0, 0.05) is 5.92 Å². The summed E-state index contributed by atoms with van der Waals surface area (Å²) in [5.41, 5.74) is 5.52. The average molecular weight is 595 g/mol. The van der Waals surface area contributed by atoms with Gasteiger partial charge in [-0.05, 0) is 35.2 Å². The zero-order chi connectivity index (χ0) is 29.5. The van der Waals surface area contributed by atoms with Crippen molar-refractivity contribution < 1.29 is 14.3 Å². The number of thiazole rings is 1. The molecule has 5 rings (SSSR count). The zero-order valence-corrected chi connectivity index (χ0v) is 25.9. The summed E-state index contributed by atoms with van der Waals surface area (Å²) in [7, 11) is -2.89. The Balaban J connectivity index is 1.59. The Bertz CT molecular complexity index is 1570. The molecule has 41 heavy (non-hydrogen) atoms. The summed E-state index contributed by atoms with van der Waals surface area (Å²) in [5.74, 6) is -0.506. The molecule has 0 spiro atoms. The molecule has 4 N–H and O–H groups in total. The molecule has 5 atom stereocenters. The van der Waals surface area contributed by atoms with Crippen molar-refractivity contribution in [1.29, 1.82) is 0 Å². The van der Waals surface area contributed by atoms with Gasteiger partial charge in [-0.2, -0.15) is 4.98 Å². The van der Waals surface area contributed by atoms with E-state index in [9.17, 15) is 14.7 Å². The van der Waals surface area contributed by atoms with Gasteiger partial charge in [0.15, 0.2) is 5.65 Å². The molecule has 1 saturated heterocycles. The Morgan fingerprint density at radius 1 is 1.15 bits per heavy atom. The molecule has 0 bridgehead atoms. The van der Waals surface area contributed by atoms with Crippen molar-refractivity contribution in [3.8, 4) is 0 Å². The lowest BCUT2D eigenvalue weighted by Gasteiger charge is -2.46. The predicted molar refractivity (Wildman–Crippen MR) is 165 cm³/mol. The first-order chi connectivity index (χ1) is 19.5. The molecule has 2 aromatic carbocycles. The highest BCUT2D eigenvalue weighted by Crippen LogP contribution is 2.43. The van der Waals surface area contributed by atoms with Gasteiger partial charge < -0.3 is 20.0 Å². The summed E-state index contributed by atoms with van der Waals surface area (Å²) in [6.07, 6.45) is -1.20. The summed E-state index contributed by atoms with van der Waals surface area (Å²) >= 11 is 0.798. The highest BCUT2D eigenvalue weighted by molar-refractivity contribution is 7.16. The summed E-state index contributed by atoms with van der Waals surface area (Å²) < 4.78 is 15.6. The number of fused-ring (bicyclic) bond motifs is 1. The average Bonchev–Trinajstić information content (AvgIpc) is 3.50. The molecule has 1 fully saturated rings. The lowest BCUT2D eigenvalue weighted by atomic mass is 9.95. The van der Waals surface area contributed by atoms with Crippen LogP contribution < -0.4 is 26.5 Å². The van der Waals surface area contributed by atoms with Gasteiger partial charge >= 0.3 is 4.87 Å². The number of hydrogen-bond donors (Lipinski definition) is 3. The second-order valence-corrected chi connectivity index (χ2v) is 17.0. The maximum atomic E-state index is 13.2. The second-order valence-electron chi connectivity index (χ2n) is 11.8. The van der Waals surface area contributed by atoms with Crippen LogP contribution in [0.2, 0.25) is 5.04 Å². The van der Waals surface area contributed by atoms with Gasteiger partial charge in [-0.3, -0.25) is 19.1 Å². The van der Waals surface area contributed by atoms with Crippen LogP contribution in [0.3, 0.4) is 0 Å². The van der Waals surface area contributed by atoms with Crippen LogP contribution in [0.25, 0.3) is 10.3 Å². The number of aliphatic hydroxyl groups is 1. The van der Waals surface area contributed by atoms with Crippen molar-refractivity contribution in [2.45, 2.75) is 77.0 Å². The molecule has 3 heterocycles. The minimum Gasteiger partial charge on any atom is -0.402 e. The van der Waals surface area contributed by atoms with E-state index in [2.05, 4.69) is 86.2 Å². The molecule has 1 aliphatic rings. The zero-order valence-electron chi connectivity index (χ0n) is 24.0. The number of nitrogen functional groups attached to an aromatic ring is 1. The predicted octanol–water partition coefficient (Wildman–Crippen LogP) is 3.37. The van der Waals surface area contributed by atoms with Crippen LogP contribution in [-0.2, 0) is 9.16 Å². The third-order valence-electron chi connectivity index (χ3n) is 8.11. The van der Waals surface area contributed by atoms with Crippen molar-refractivity contribution in [3.63, 3.8) is 0 Å². The third-order valence-corrected chi connectivity index (χ3v) is 14.1. The van der Waals surface area contributed by atoms with E-state index < -0.39 is 38.2 Å². The fourth-order valence-corrected chi connectivity index (χ4v) is 11.8. The Kier molecular flexibility index (Phi) is 8.10. The fraction of sp³-hybridized carbons (Fsp3) is 0.433. The first-order valence-corrected chi connectivity index (χ1v) is 16.7. The van der Waals surface area contributed by atoms with Gasteiger partial charge in [0.05, 0.1) is 18.3 Å². The summed E-state index contributed by atoms with van der Waals surface area (Å²) in [6, 6.07) is 20.8. The minimum atomic E-state index is -2.89. The van der Waals surface area contributed by atoms with E-state index in [0.29, 0.717) is 12.8 Å². The number of ether oxygens (including phenoxy) is 1. The normalized spacial score (nSPS) is 21.3. The van der Waals surface area contributed by atoms with E-state index in [1.807, 2.05) is 12.1 Å². The Morgan fingerprint density at radius 3 is 2.24 bits per heavy atom. The molecule has 0 saturated carbocycles. The SMILES string of the molecule is CCC(O[Si](c1ccccc1)(c1ccccc1)C(C)(C)C)[C@@H]1C[C@@H](C(C)O)[C@H](n2c(=O)sc3c(=O)[nH]c(N)nc32)O1. The monoisotopic (exact) mass is 594 g/mol. The first-order valence-electron chi connectivity index (χ1n) is 14.0. The number of rotatable bonds is 8. The topological polar surface area (TPSA) is 132 Å². The highest BCUT2D eigenvalue weighted by Gasteiger charge is 2.53. The molecule has 0 aliphatic carbocycles. The van der Waals surface area contributed by atoms with Crippen LogP contribution in [0, 0.1) is 5.92 Å². The van der Waals surface area contributed by atoms with E-state index in [1.165, 1.54) is 4.57 Å². The largest absolute Gasteiger partial charge is 0.402 e. The standard InChI is InChI=1S/C30H38N4O5SSi/c1-6-22(39-41(30(3,4)5,19-13-9-7-10-14-19)20-15-11-8-12-16-20)23-17-21(18(2)35)27(38-23)34-25-24(40-29(34)37)26(36)33-28(31)32-25/h7-16,18,21-23,27,35H,6,17H2,1-5H3,(H3,31,32,33,36)/t18?,21-,22?,23-,27+/m0/s1. The van der Waals surface area contributed by atoms with Gasteiger partial charge in [-0.1, -0.05) is 99.7 Å². The summed E-state index contributed by atoms with van der Waals surface area (Å²) in [4.78, 5) is 32.0. The maximum absolute atomic E-state index is 13.2. The quantitative estimate of drug-likeness (QED) is 0.267. The van der Waals surface area contributed by atoms with Gasteiger partial charge in [-0.15, -0.1) is 0 Å². The van der Waals surface area contributed by atoms with Crippen LogP contribution in [0.4, 0.5) is 5.95 Å². The molecule has 0 radical (unpaired) electrons. The third kappa shape index (κ3) is 5.21. The Morgan fingerprint density at radius 2 is 1.73 bits per heavy atom. The number of hydrogen-bond acceptors (Lipinski definition) is 8. The van der Waals surface area contributed by atoms with E-state index in [0.717, 1.165) is 21.7 Å². The van der Waals surface area contributed by atoms with E-state index in [1.54, 1.807) is 6.92 Å². The number of anilines is 1. The van der Waals surface area contributed by atoms with Crippen molar-refractivity contribution in [2.75, 3.05) is 5.73 Å². The number of aromatic amines is 1. The lowest BCUT2D eigenvalue weighted by Crippen LogP contribution is -2.68. The molecule has 0 amide bonds. The second kappa shape index (κ2) is 11.3. The molecule has 218 valence electrons. The first kappa shape index (κ1) is 29.4. The van der Waals surface area contributed by atoms with Crippen molar-refractivity contribution >= 4 is 46.3 Å². The van der Waals surface area contributed by atoms with Gasteiger partial charge in [0.1, 0.15) is 10.9 Å². The number of aliphatic hydroxyl groups excluding tert-OH is 1. The maximum Gasteiger partial charge on any atom is 0.311 e. The number of nitrogens with zero attached hydrogens (tertiary/aromatic N) is 2. The minimum absolute atomic E-state index is 0.0846. The molecule has 2 unspecified atom stereocenters. The number of aromatic nitrogens is 3. The van der Waals surface area contributed by atoms with Crippen LogP contribution in [-0.4, -0.2) is 46.3 Å². The Labute approximate surface area is 244 Å². The molecular weight excluding hydrogens is 557 g/mol. The molecular formula is C30H38N4O5SSi. The van der Waals surface area contributed by atoms with Crippen molar-refractivity contribution in [3.05, 3.63) is 80.7 Å². The van der Waals surface area contributed by atoms with E-state index >= 15 is 0 Å². The number of nitrogens with one attached hydrogen (secondary N) is 1. The molecule has 9 nitrogen and oxygen atoms in total. The molecule has 4 aromatic rings. The van der Waals surface area contributed by atoms with Crippen molar-refractivity contribution in [2.24, 2.45) is 5.92 Å². The van der Waals surface area contributed by atoms with Gasteiger partial charge in [0.25, 0.3) is 13.9 Å². The van der Waals surface area contributed by atoms with Crippen LogP contribution in [0.15, 0.2) is 70.3 Å². The van der Waals surface area contributed by atoms with Crippen LogP contribution in [0.5, 0.6) is 0 Å². The van der Waals surface area contributed by atoms with Gasteiger partial charge in [-0.25, -0.2) is 0 Å². The van der Waals surface area contributed by atoms with Crippen LogP contribution >= 0.6 is 11.3 Å². The molecule has 11 heteroatoms. The molecule has 1 aliphatic heterocycles. The fourth-order valence-electron chi connectivity index (χ4n) is 6.16. The molecule has 2 aromatic heterocycles. The van der Waals surface area contributed by atoms with Gasteiger partial charge in [0.2, 0.25) is 5.95 Å². The smallest absolute Gasteiger partial charge is 0.311 e. The number of benzene rings is 2. The Hall–Kier alpha value is -3.09. The van der Waals surface area contributed by atoms with Crippen LogP contribution in [0.1, 0.15) is 53.7 Å². The summed E-state index contributed by atoms with van der Waals surface area (Å²) in [5, 5.41) is 12.9. The summed E-state index contributed by atoms with van der Waals surface area (Å²) in [6.45, 7) is 10.5. The lowest BCUT2D eigenvalue weighted by molar-refractivity contribution is -0.0690. The highest BCUT2D eigenvalue weighted by atomic mass is 32.1. The van der Waals surface area contributed by atoms with E-state index in [4.69, 9.17) is 14.9 Å². The van der Waals surface area contributed by atoms with E-state index in [-0.39, 0.29) is 32.3 Å².